The van der Waals surface area contributed by atoms with Gasteiger partial charge in [0, 0.05) is 24.8 Å². The summed E-state index contributed by atoms with van der Waals surface area (Å²) in [4.78, 5) is 18.5. The van der Waals surface area contributed by atoms with E-state index in [4.69, 9.17) is 11.2 Å². The van der Waals surface area contributed by atoms with Gasteiger partial charge in [-0.1, -0.05) is 30.2 Å². The number of aliphatic imine (C=N–C) groups is 1. The first-order chi connectivity index (χ1) is 13.6. The number of nitrogens with zero attached hydrogens (tertiary/aromatic N) is 2. The molecule has 6 nitrogen and oxygen atoms in total. The van der Waals surface area contributed by atoms with Crippen LogP contribution in [0, 0.1) is 12.3 Å². The topological polar surface area (TPSA) is 66.0 Å². The van der Waals surface area contributed by atoms with Gasteiger partial charge in [-0.15, -0.1) is 30.4 Å². The first-order valence-electron chi connectivity index (χ1n) is 9.16. The molecule has 0 aromatic heterocycles. The molecule has 2 aromatic rings. The first kappa shape index (κ1) is 24.3. The summed E-state index contributed by atoms with van der Waals surface area (Å²) in [5.74, 6) is 3.81. The molecule has 0 aliphatic heterocycles. The Labute approximate surface area is 189 Å². The Morgan fingerprint density at radius 2 is 1.97 bits per heavy atom. The number of amides is 1. The monoisotopic (exact) mass is 506 g/mol. The van der Waals surface area contributed by atoms with Crippen molar-refractivity contribution in [2.45, 2.75) is 6.92 Å². The average Bonchev–Trinajstić information content (AvgIpc) is 2.72. The summed E-state index contributed by atoms with van der Waals surface area (Å²) in [6.07, 6.45) is 5.38. The third-order valence-corrected chi connectivity index (χ3v) is 3.82. The molecule has 2 rings (SSSR count). The van der Waals surface area contributed by atoms with Gasteiger partial charge >= 0.3 is 0 Å². The van der Waals surface area contributed by atoms with Gasteiger partial charge in [-0.05, 0) is 37.3 Å². The molecule has 0 bridgehead atoms. The largest absolute Gasteiger partial charge is 0.492 e. The van der Waals surface area contributed by atoms with Gasteiger partial charge in [-0.25, -0.2) is 4.99 Å². The molecule has 0 saturated heterocycles. The highest BCUT2D eigenvalue weighted by Gasteiger charge is 2.08. The average molecular weight is 506 g/mol. The maximum absolute atomic E-state index is 12.2. The highest BCUT2D eigenvalue weighted by Crippen LogP contribution is 2.10. The molecule has 0 saturated carbocycles. The Bertz CT molecular complexity index is 834. The molecule has 0 atom stereocenters. The van der Waals surface area contributed by atoms with Gasteiger partial charge < -0.3 is 20.3 Å². The third kappa shape index (κ3) is 8.87. The van der Waals surface area contributed by atoms with Gasteiger partial charge in [0.2, 0.25) is 5.91 Å². The predicted molar refractivity (Wildman–Crippen MR) is 129 cm³/mol. The van der Waals surface area contributed by atoms with Crippen LogP contribution in [0.1, 0.15) is 12.5 Å². The Balaban J connectivity index is 0.00000420. The van der Waals surface area contributed by atoms with Crippen molar-refractivity contribution in [2.24, 2.45) is 4.99 Å². The van der Waals surface area contributed by atoms with E-state index in [0.717, 1.165) is 5.75 Å². The zero-order chi connectivity index (χ0) is 20.2. The Hall–Kier alpha value is -2.73. The quantitative estimate of drug-likeness (QED) is 0.250. The predicted octanol–water partition coefficient (Wildman–Crippen LogP) is 3.20. The minimum Gasteiger partial charge on any atom is -0.492 e. The van der Waals surface area contributed by atoms with Crippen molar-refractivity contribution >= 4 is 41.5 Å². The molecule has 0 aliphatic rings. The Kier molecular flexibility index (Phi) is 11.3. The molecule has 29 heavy (non-hydrogen) atoms. The summed E-state index contributed by atoms with van der Waals surface area (Å²) in [5, 5.41) is 5.99. The number of para-hydroxylation sites is 1. The van der Waals surface area contributed by atoms with Crippen LogP contribution in [0.15, 0.2) is 59.6 Å². The number of terminal acetylenes is 1. The van der Waals surface area contributed by atoms with E-state index in [2.05, 4.69) is 21.5 Å². The van der Waals surface area contributed by atoms with Gasteiger partial charge in [0.25, 0.3) is 0 Å². The number of carbonyl (C=O) groups is 1. The number of carbonyl (C=O) groups excluding carboxylic acids is 1. The number of hydrogen-bond donors (Lipinski definition) is 2. The molecular weight excluding hydrogens is 479 g/mol. The van der Waals surface area contributed by atoms with Crippen molar-refractivity contribution in [3.8, 4) is 18.1 Å². The van der Waals surface area contributed by atoms with Crippen LogP contribution >= 0.6 is 24.0 Å². The summed E-state index contributed by atoms with van der Waals surface area (Å²) in [6.45, 7) is 3.83. The smallest absolute Gasteiger partial charge is 0.246 e. The second kappa shape index (κ2) is 13.4. The zero-order valence-electron chi connectivity index (χ0n) is 16.7. The molecule has 0 fully saturated rings. The summed E-state index contributed by atoms with van der Waals surface area (Å²) >= 11 is 0. The molecule has 0 heterocycles. The summed E-state index contributed by atoms with van der Waals surface area (Å²) < 4.78 is 5.71. The standard InChI is InChI=1S/C22H26N4O2.HI/c1-4-18-10-9-11-19(16-18)25-21(27)17-24-22(23-5-2)26(3)14-15-28-20-12-7-6-8-13-20;/h1,6-13,16H,5,14-15,17H2,2-3H3,(H,23,24)(H,25,27);1H. The molecule has 2 aromatic carbocycles. The fourth-order valence-corrected chi connectivity index (χ4v) is 2.43. The van der Waals surface area contributed by atoms with Crippen LogP contribution in [0.25, 0.3) is 0 Å². The normalized spacial score (nSPS) is 10.3. The lowest BCUT2D eigenvalue weighted by molar-refractivity contribution is -0.114. The molecule has 0 radical (unpaired) electrons. The number of anilines is 1. The molecular formula is C22H27IN4O2. The van der Waals surface area contributed by atoms with Crippen LogP contribution in [0.2, 0.25) is 0 Å². The van der Waals surface area contributed by atoms with Gasteiger partial charge in [0.15, 0.2) is 5.96 Å². The molecule has 1 amide bonds. The minimum absolute atomic E-state index is 0. The number of hydrogen-bond acceptors (Lipinski definition) is 3. The van der Waals surface area contributed by atoms with Gasteiger partial charge in [0.1, 0.15) is 18.9 Å². The lowest BCUT2D eigenvalue weighted by Gasteiger charge is -2.22. The Morgan fingerprint density at radius 3 is 2.66 bits per heavy atom. The summed E-state index contributed by atoms with van der Waals surface area (Å²) in [6, 6.07) is 16.8. The summed E-state index contributed by atoms with van der Waals surface area (Å²) in [7, 11) is 1.91. The van der Waals surface area contributed by atoms with Crippen molar-refractivity contribution in [1.82, 2.24) is 10.2 Å². The zero-order valence-corrected chi connectivity index (χ0v) is 19.1. The van der Waals surface area contributed by atoms with Crippen LogP contribution < -0.4 is 15.4 Å². The van der Waals surface area contributed by atoms with E-state index in [1.54, 1.807) is 18.2 Å². The van der Waals surface area contributed by atoms with Gasteiger partial charge in [-0.2, -0.15) is 0 Å². The third-order valence-electron chi connectivity index (χ3n) is 3.82. The number of rotatable bonds is 8. The van der Waals surface area contributed by atoms with Crippen LogP contribution in [-0.4, -0.2) is 50.1 Å². The van der Waals surface area contributed by atoms with Crippen molar-refractivity contribution in [1.29, 1.82) is 0 Å². The van der Waals surface area contributed by atoms with Crippen LogP contribution in [0.3, 0.4) is 0 Å². The molecule has 2 N–H and O–H groups in total. The number of guanidine groups is 1. The van der Waals surface area contributed by atoms with E-state index < -0.39 is 0 Å². The second-order valence-corrected chi connectivity index (χ2v) is 6.03. The minimum atomic E-state index is -0.210. The van der Waals surface area contributed by atoms with E-state index >= 15 is 0 Å². The van der Waals surface area contributed by atoms with Crippen molar-refractivity contribution in [3.63, 3.8) is 0 Å². The van der Waals surface area contributed by atoms with Crippen molar-refractivity contribution in [3.05, 3.63) is 60.2 Å². The van der Waals surface area contributed by atoms with E-state index in [9.17, 15) is 4.79 Å². The van der Waals surface area contributed by atoms with Gasteiger partial charge in [-0.3, -0.25) is 4.79 Å². The van der Waals surface area contributed by atoms with Crippen LogP contribution in [-0.2, 0) is 4.79 Å². The maximum Gasteiger partial charge on any atom is 0.246 e. The van der Waals surface area contributed by atoms with E-state index in [1.165, 1.54) is 0 Å². The lowest BCUT2D eigenvalue weighted by Crippen LogP contribution is -2.41. The van der Waals surface area contributed by atoms with Crippen molar-refractivity contribution in [2.75, 3.05) is 38.6 Å². The number of benzene rings is 2. The molecule has 0 unspecified atom stereocenters. The number of likely N-dealkylation sites (N-methyl/N-ethyl adjacent to an activating group) is 1. The molecule has 0 aliphatic carbocycles. The molecule has 154 valence electrons. The second-order valence-electron chi connectivity index (χ2n) is 6.03. The molecule has 7 heteroatoms. The Morgan fingerprint density at radius 1 is 1.21 bits per heavy atom. The van der Waals surface area contributed by atoms with E-state index in [1.807, 2.05) is 55.3 Å². The van der Waals surface area contributed by atoms with Crippen molar-refractivity contribution < 1.29 is 9.53 Å². The highest BCUT2D eigenvalue weighted by atomic mass is 127. The number of halogens is 1. The lowest BCUT2D eigenvalue weighted by atomic mass is 10.2. The SMILES string of the molecule is C#Cc1cccc(NC(=O)CN=C(NCC)N(C)CCOc2ccccc2)c1.I. The fourth-order valence-electron chi connectivity index (χ4n) is 2.43. The molecule has 0 spiro atoms. The van der Waals surface area contributed by atoms with Gasteiger partial charge in [0.05, 0.1) is 6.54 Å². The number of ether oxygens (including phenoxy) is 1. The first-order valence-corrected chi connectivity index (χ1v) is 9.16. The van der Waals surface area contributed by atoms with E-state index in [0.29, 0.717) is 36.9 Å². The van der Waals surface area contributed by atoms with Crippen LogP contribution in [0.4, 0.5) is 5.69 Å². The summed E-state index contributed by atoms with van der Waals surface area (Å²) in [5.41, 5.74) is 1.37. The number of nitrogens with one attached hydrogen (secondary N) is 2. The van der Waals surface area contributed by atoms with Crippen LogP contribution in [0.5, 0.6) is 5.75 Å². The van der Waals surface area contributed by atoms with E-state index in [-0.39, 0.29) is 36.4 Å². The fraction of sp³-hybridized carbons (Fsp3) is 0.273. The highest BCUT2D eigenvalue weighted by molar-refractivity contribution is 14.0. The maximum atomic E-state index is 12.2.